The van der Waals surface area contributed by atoms with Crippen LogP contribution in [0, 0.1) is 0 Å². The first-order valence-corrected chi connectivity index (χ1v) is 7.15. The lowest BCUT2D eigenvalue weighted by Crippen LogP contribution is -2.39. The number of nitrogens with zero attached hydrogens (tertiary/aromatic N) is 4. The molecule has 108 valence electrons. The lowest BCUT2D eigenvalue weighted by Gasteiger charge is -2.25. The van der Waals surface area contributed by atoms with E-state index >= 15 is 0 Å². The van der Waals surface area contributed by atoms with Crippen molar-refractivity contribution in [1.82, 2.24) is 25.0 Å². The summed E-state index contributed by atoms with van der Waals surface area (Å²) in [5.74, 6) is 0.974. The summed E-state index contributed by atoms with van der Waals surface area (Å²) in [6.45, 7) is 7.90. The molecule has 19 heavy (non-hydrogen) atoms. The minimum atomic E-state index is 0.183. The minimum Gasteiger partial charge on any atom is -0.395 e. The lowest BCUT2D eigenvalue weighted by atomic mass is 10.2. The van der Waals surface area contributed by atoms with Crippen molar-refractivity contribution in [2.24, 2.45) is 0 Å². The fourth-order valence-electron chi connectivity index (χ4n) is 2.62. The molecular formula is C13H25N5O. The third-order valence-corrected chi connectivity index (χ3v) is 3.56. The first-order chi connectivity index (χ1) is 9.20. The molecule has 6 nitrogen and oxygen atoms in total. The summed E-state index contributed by atoms with van der Waals surface area (Å²) in [6.07, 6.45) is 4.08. The Hall–Kier alpha value is -0.980. The van der Waals surface area contributed by atoms with Crippen molar-refractivity contribution in [3.05, 3.63) is 12.2 Å². The Morgan fingerprint density at radius 3 is 3.05 bits per heavy atom. The van der Waals surface area contributed by atoms with Gasteiger partial charge in [0.2, 0.25) is 0 Å². The van der Waals surface area contributed by atoms with Crippen molar-refractivity contribution in [2.75, 3.05) is 26.2 Å². The molecule has 0 bridgehead atoms. The topological polar surface area (TPSA) is 66.2 Å². The third-order valence-electron chi connectivity index (χ3n) is 3.56. The molecule has 0 radical (unpaired) electrons. The number of aliphatic hydroxyl groups excluding tert-OH is 1. The van der Waals surface area contributed by atoms with Gasteiger partial charge in [-0.3, -0.25) is 4.90 Å². The summed E-state index contributed by atoms with van der Waals surface area (Å²) in [7, 11) is 0. The zero-order valence-corrected chi connectivity index (χ0v) is 11.9. The van der Waals surface area contributed by atoms with Crippen LogP contribution in [-0.2, 0) is 6.54 Å². The number of aromatic nitrogens is 3. The monoisotopic (exact) mass is 267 g/mol. The van der Waals surface area contributed by atoms with Gasteiger partial charge in [-0.1, -0.05) is 0 Å². The number of aliphatic hydroxyl groups is 1. The molecule has 1 atom stereocenters. The Balaban J connectivity index is 1.96. The maximum Gasteiger partial charge on any atom is 0.141 e. The van der Waals surface area contributed by atoms with E-state index in [4.69, 9.17) is 0 Å². The molecule has 1 aromatic heterocycles. The second-order valence-electron chi connectivity index (χ2n) is 5.47. The molecule has 1 aromatic rings. The van der Waals surface area contributed by atoms with Crippen LogP contribution in [-0.4, -0.2) is 57.1 Å². The minimum absolute atomic E-state index is 0.183. The summed E-state index contributed by atoms with van der Waals surface area (Å²) in [6, 6.07) is 0.861. The molecule has 1 unspecified atom stereocenters. The van der Waals surface area contributed by atoms with Gasteiger partial charge in [0.25, 0.3) is 0 Å². The molecule has 0 saturated carbocycles. The predicted molar refractivity (Wildman–Crippen MR) is 73.8 cm³/mol. The van der Waals surface area contributed by atoms with Crippen molar-refractivity contribution >= 4 is 0 Å². The van der Waals surface area contributed by atoms with Crippen molar-refractivity contribution < 1.29 is 5.11 Å². The van der Waals surface area contributed by atoms with Crippen LogP contribution in [0.3, 0.4) is 0 Å². The Kier molecular flexibility index (Phi) is 5.30. The van der Waals surface area contributed by atoms with E-state index in [9.17, 15) is 5.11 Å². The fourth-order valence-corrected chi connectivity index (χ4v) is 2.62. The lowest BCUT2D eigenvalue weighted by molar-refractivity contribution is 0.173. The van der Waals surface area contributed by atoms with Gasteiger partial charge in [-0.05, 0) is 33.2 Å². The Bertz CT molecular complexity index is 373. The zero-order chi connectivity index (χ0) is 13.7. The smallest absolute Gasteiger partial charge is 0.141 e. The molecule has 1 aliphatic heterocycles. The average molecular weight is 267 g/mol. The van der Waals surface area contributed by atoms with E-state index in [0.717, 1.165) is 25.5 Å². The Morgan fingerprint density at radius 2 is 2.42 bits per heavy atom. The second kappa shape index (κ2) is 6.98. The van der Waals surface area contributed by atoms with Crippen LogP contribution in [0.4, 0.5) is 0 Å². The maximum atomic E-state index is 9.21. The summed E-state index contributed by atoms with van der Waals surface area (Å²) >= 11 is 0. The van der Waals surface area contributed by atoms with E-state index in [0.29, 0.717) is 18.6 Å². The number of nitrogens with one attached hydrogen (secondary N) is 1. The fraction of sp³-hybridized carbons (Fsp3) is 0.846. The molecule has 0 spiro atoms. The zero-order valence-electron chi connectivity index (χ0n) is 11.9. The highest BCUT2D eigenvalue weighted by Gasteiger charge is 2.19. The normalized spacial score (nSPS) is 19.7. The molecular weight excluding hydrogens is 242 g/mol. The van der Waals surface area contributed by atoms with Crippen LogP contribution in [0.15, 0.2) is 6.33 Å². The van der Waals surface area contributed by atoms with Gasteiger partial charge in [0.15, 0.2) is 0 Å². The molecule has 0 aromatic carbocycles. The van der Waals surface area contributed by atoms with Crippen LogP contribution in [0.1, 0.15) is 38.6 Å². The highest BCUT2D eigenvalue weighted by molar-refractivity contribution is 4.88. The predicted octanol–water partition coefficient (Wildman–Crippen LogP) is 0.405. The van der Waals surface area contributed by atoms with E-state index in [2.05, 4.69) is 34.1 Å². The highest BCUT2D eigenvalue weighted by Crippen LogP contribution is 2.11. The maximum absolute atomic E-state index is 9.21. The molecule has 1 fully saturated rings. The molecule has 2 N–H and O–H groups in total. The van der Waals surface area contributed by atoms with Crippen LogP contribution < -0.4 is 5.32 Å². The standard InChI is InChI=1S/C13H25N5O/c1-11(2)18-13(15-10-16-18)9-17(6-7-19)8-12-4-3-5-14-12/h10-12,14,19H,3-9H2,1-2H3. The van der Waals surface area contributed by atoms with E-state index in [1.54, 1.807) is 6.33 Å². The van der Waals surface area contributed by atoms with Gasteiger partial charge < -0.3 is 10.4 Å². The third kappa shape index (κ3) is 3.99. The number of hydrogen-bond donors (Lipinski definition) is 2. The molecule has 0 amide bonds. The Labute approximate surface area is 114 Å². The van der Waals surface area contributed by atoms with Gasteiger partial charge in [-0.25, -0.2) is 9.67 Å². The molecule has 2 heterocycles. The van der Waals surface area contributed by atoms with Crippen molar-refractivity contribution in [2.45, 2.75) is 45.3 Å². The largest absolute Gasteiger partial charge is 0.395 e. The first kappa shape index (κ1) is 14.4. The second-order valence-corrected chi connectivity index (χ2v) is 5.47. The molecule has 2 rings (SSSR count). The van der Waals surface area contributed by atoms with Crippen LogP contribution in [0.2, 0.25) is 0 Å². The van der Waals surface area contributed by atoms with Crippen molar-refractivity contribution in [3.8, 4) is 0 Å². The van der Waals surface area contributed by atoms with Crippen molar-refractivity contribution in [3.63, 3.8) is 0 Å². The molecule has 1 saturated heterocycles. The van der Waals surface area contributed by atoms with Gasteiger partial charge in [-0.2, -0.15) is 5.10 Å². The van der Waals surface area contributed by atoms with Gasteiger partial charge in [-0.15, -0.1) is 0 Å². The summed E-state index contributed by atoms with van der Waals surface area (Å²) in [5, 5.41) is 17.0. The summed E-state index contributed by atoms with van der Waals surface area (Å²) in [4.78, 5) is 6.60. The van der Waals surface area contributed by atoms with Gasteiger partial charge in [0, 0.05) is 25.2 Å². The van der Waals surface area contributed by atoms with Crippen LogP contribution in [0.25, 0.3) is 0 Å². The Morgan fingerprint density at radius 1 is 1.58 bits per heavy atom. The number of rotatable bonds is 7. The average Bonchev–Trinajstić information content (AvgIpc) is 3.00. The van der Waals surface area contributed by atoms with E-state index in [-0.39, 0.29) is 6.61 Å². The van der Waals surface area contributed by atoms with Crippen LogP contribution >= 0.6 is 0 Å². The summed E-state index contributed by atoms with van der Waals surface area (Å²) < 4.78 is 1.95. The quantitative estimate of drug-likeness (QED) is 0.749. The molecule has 1 aliphatic rings. The SMILES string of the molecule is CC(C)n1ncnc1CN(CCO)CC1CCCN1. The van der Waals surface area contributed by atoms with Gasteiger partial charge in [0.1, 0.15) is 12.2 Å². The van der Waals surface area contributed by atoms with E-state index in [1.807, 2.05) is 4.68 Å². The molecule has 6 heteroatoms. The highest BCUT2D eigenvalue weighted by atomic mass is 16.3. The van der Waals surface area contributed by atoms with Gasteiger partial charge >= 0.3 is 0 Å². The first-order valence-electron chi connectivity index (χ1n) is 7.15. The summed E-state index contributed by atoms with van der Waals surface area (Å²) in [5.41, 5.74) is 0. The van der Waals surface area contributed by atoms with E-state index < -0.39 is 0 Å². The number of hydrogen-bond acceptors (Lipinski definition) is 5. The van der Waals surface area contributed by atoms with E-state index in [1.165, 1.54) is 12.8 Å². The van der Waals surface area contributed by atoms with Gasteiger partial charge in [0.05, 0.1) is 13.2 Å². The van der Waals surface area contributed by atoms with Crippen LogP contribution in [0.5, 0.6) is 0 Å². The molecule has 0 aliphatic carbocycles. The van der Waals surface area contributed by atoms with Crippen molar-refractivity contribution in [1.29, 1.82) is 0 Å².